The first-order valence-corrected chi connectivity index (χ1v) is 11.9. The number of ether oxygens (including phenoxy) is 1. The molecular formula is C25H28ClN5O2. The molecule has 0 radical (unpaired) electrons. The predicted molar refractivity (Wildman–Crippen MR) is 129 cm³/mol. The minimum absolute atomic E-state index is 0.170. The summed E-state index contributed by atoms with van der Waals surface area (Å²) in [6, 6.07) is 10.8. The third kappa shape index (κ3) is 5.04. The third-order valence-corrected chi connectivity index (χ3v) is 6.85. The van der Waals surface area contributed by atoms with E-state index >= 15 is 0 Å². The molecule has 0 bridgehead atoms. The maximum atomic E-state index is 12.7. The van der Waals surface area contributed by atoms with Crippen molar-refractivity contribution in [3.8, 4) is 11.4 Å². The Morgan fingerprint density at radius 1 is 1.09 bits per heavy atom. The minimum atomic E-state index is -0.170. The number of piperidine rings is 2. The van der Waals surface area contributed by atoms with Crippen LogP contribution in [0.2, 0.25) is 5.02 Å². The lowest BCUT2D eigenvalue weighted by Gasteiger charge is -2.45. The second-order valence-corrected chi connectivity index (χ2v) is 9.44. The molecule has 1 spiro atoms. The molecule has 33 heavy (non-hydrogen) atoms. The molecule has 2 fully saturated rings. The van der Waals surface area contributed by atoms with Gasteiger partial charge in [-0.05, 0) is 62.6 Å². The number of aromatic nitrogens is 3. The van der Waals surface area contributed by atoms with Crippen LogP contribution in [-0.4, -0.2) is 40.7 Å². The lowest BCUT2D eigenvalue weighted by Crippen LogP contribution is -2.51. The van der Waals surface area contributed by atoms with Crippen molar-refractivity contribution in [1.29, 1.82) is 0 Å². The smallest absolute Gasteiger partial charge is 0.258 e. The quantitative estimate of drug-likeness (QED) is 0.617. The minimum Gasteiger partial charge on any atom is -0.487 e. The van der Waals surface area contributed by atoms with Crippen LogP contribution in [0.15, 0.2) is 59.8 Å². The van der Waals surface area contributed by atoms with Crippen molar-refractivity contribution in [2.24, 2.45) is 5.41 Å². The Morgan fingerprint density at radius 2 is 2.00 bits per heavy atom. The number of halogens is 1. The van der Waals surface area contributed by atoms with Crippen molar-refractivity contribution >= 4 is 17.4 Å². The molecule has 1 atom stereocenters. The molecule has 1 unspecified atom stereocenters. The zero-order chi connectivity index (χ0) is 22.7. The van der Waals surface area contributed by atoms with Crippen molar-refractivity contribution in [2.75, 3.05) is 31.1 Å². The van der Waals surface area contributed by atoms with Crippen molar-refractivity contribution in [3.63, 3.8) is 0 Å². The molecule has 0 saturated carbocycles. The largest absolute Gasteiger partial charge is 0.487 e. The summed E-state index contributed by atoms with van der Waals surface area (Å²) in [7, 11) is 0. The van der Waals surface area contributed by atoms with E-state index in [9.17, 15) is 4.79 Å². The molecule has 3 aromatic heterocycles. The van der Waals surface area contributed by atoms with E-state index in [-0.39, 0.29) is 12.2 Å². The van der Waals surface area contributed by atoms with Gasteiger partial charge in [0.2, 0.25) is 0 Å². The highest BCUT2D eigenvalue weighted by molar-refractivity contribution is 6.30. The van der Waals surface area contributed by atoms with Crippen LogP contribution in [0.25, 0.3) is 5.69 Å². The Labute approximate surface area is 198 Å². The number of nitrogens with one attached hydrogen (secondary N) is 1. The number of nitrogens with zero attached hydrogens (tertiary/aromatic N) is 4. The topological polar surface area (TPSA) is 72.3 Å². The third-order valence-electron chi connectivity index (χ3n) is 6.62. The highest BCUT2D eigenvalue weighted by Crippen LogP contribution is 2.37. The Bertz CT molecular complexity index is 1140. The van der Waals surface area contributed by atoms with Gasteiger partial charge in [0.25, 0.3) is 5.56 Å². The number of pyridine rings is 3. The van der Waals surface area contributed by atoms with Crippen molar-refractivity contribution in [3.05, 3.63) is 76.1 Å². The van der Waals surface area contributed by atoms with Gasteiger partial charge in [-0.15, -0.1) is 0 Å². The highest BCUT2D eigenvalue weighted by Gasteiger charge is 2.36. The van der Waals surface area contributed by atoms with Crippen LogP contribution >= 0.6 is 11.6 Å². The molecule has 0 aliphatic carbocycles. The molecule has 8 heteroatoms. The standard InChI is InChI=1S/C25H28ClN5O2/c26-19-3-4-20(28-14-19)16-33-22-7-12-31(24(32)13-22)21-5-6-23(29-15-21)30-11-2-9-25(18-30)8-1-10-27-17-25/h3-7,12-15,27H,1-2,8-11,16-18H2. The van der Waals surface area contributed by atoms with Crippen LogP contribution in [0.5, 0.6) is 5.75 Å². The Balaban J connectivity index is 1.26. The monoisotopic (exact) mass is 465 g/mol. The highest BCUT2D eigenvalue weighted by atomic mass is 35.5. The molecule has 1 N–H and O–H groups in total. The molecule has 5 heterocycles. The Hall–Kier alpha value is -2.90. The van der Waals surface area contributed by atoms with Gasteiger partial charge in [-0.2, -0.15) is 0 Å². The van der Waals surface area contributed by atoms with E-state index < -0.39 is 0 Å². The van der Waals surface area contributed by atoms with E-state index in [4.69, 9.17) is 21.3 Å². The average Bonchev–Trinajstić information content (AvgIpc) is 2.84. The molecular weight excluding hydrogens is 438 g/mol. The fourth-order valence-electron chi connectivity index (χ4n) is 4.90. The van der Waals surface area contributed by atoms with Gasteiger partial charge in [-0.3, -0.25) is 14.3 Å². The second-order valence-electron chi connectivity index (χ2n) is 9.01. The van der Waals surface area contributed by atoms with Crippen LogP contribution in [0.1, 0.15) is 31.4 Å². The molecule has 3 aromatic rings. The van der Waals surface area contributed by atoms with Crippen LogP contribution < -0.4 is 20.5 Å². The maximum absolute atomic E-state index is 12.7. The molecule has 7 nitrogen and oxygen atoms in total. The number of hydrogen-bond donors (Lipinski definition) is 1. The summed E-state index contributed by atoms with van der Waals surface area (Å²) in [5.41, 5.74) is 1.68. The van der Waals surface area contributed by atoms with E-state index in [1.807, 2.05) is 12.1 Å². The summed E-state index contributed by atoms with van der Waals surface area (Å²) in [6.45, 7) is 4.57. The van der Waals surface area contributed by atoms with Gasteiger partial charge < -0.3 is 15.0 Å². The van der Waals surface area contributed by atoms with E-state index in [1.54, 1.807) is 41.4 Å². The van der Waals surface area contributed by atoms with Crippen molar-refractivity contribution in [2.45, 2.75) is 32.3 Å². The number of rotatable bonds is 5. The zero-order valence-corrected chi connectivity index (χ0v) is 19.3. The van der Waals surface area contributed by atoms with Gasteiger partial charge in [-0.1, -0.05) is 11.6 Å². The first-order chi connectivity index (χ1) is 16.1. The molecule has 2 aliphatic heterocycles. The fourth-order valence-corrected chi connectivity index (χ4v) is 5.01. The molecule has 5 rings (SSSR count). The Kier molecular flexibility index (Phi) is 6.33. The van der Waals surface area contributed by atoms with Gasteiger partial charge in [0, 0.05) is 43.5 Å². The van der Waals surface area contributed by atoms with Crippen molar-refractivity contribution < 1.29 is 4.74 Å². The summed E-state index contributed by atoms with van der Waals surface area (Å²) in [5.74, 6) is 1.48. The summed E-state index contributed by atoms with van der Waals surface area (Å²) < 4.78 is 7.29. The van der Waals surface area contributed by atoms with Gasteiger partial charge in [0.15, 0.2) is 0 Å². The maximum Gasteiger partial charge on any atom is 0.258 e. The van der Waals surface area contributed by atoms with Crippen LogP contribution in [0.4, 0.5) is 5.82 Å². The molecule has 0 aromatic carbocycles. The fraction of sp³-hybridized carbons (Fsp3) is 0.400. The van der Waals surface area contributed by atoms with Gasteiger partial charge in [-0.25, -0.2) is 4.98 Å². The molecule has 2 aliphatic rings. The van der Waals surface area contributed by atoms with Gasteiger partial charge >= 0.3 is 0 Å². The second kappa shape index (κ2) is 9.53. The number of anilines is 1. The van der Waals surface area contributed by atoms with E-state index in [1.165, 1.54) is 31.7 Å². The summed E-state index contributed by atoms with van der Waals surface area (Å²) in [5, 5.41) is 4.15. The first-order valence-electron chi connectivity index (χ1n) is 11.5. The predicted octanol–water partition coefficient (Wildman–Crippen LogP) is 3.83. The zero-order valence-electron chi connectivity index (χ0n) is 18.5. The summed E-state index contributed by atoms with van der Waals surface area (Å²) >= 11 is 5.86. The van der Waals surface area contributed by atoms with Crippen molar-refractivity contribution in [1.82, 2.24) is 19.9 Å². The molecule has 2 saturated heterocycles. The van der Waals surface area contributed by atoms with E-state index in [2.05, 4.69) is 15.2 Å². The molecule has 0 amide bonds. The molecule has 172 valence electrons. The van der Waals surface area contributed by atoms with E-state index in [0.717, 1.165) is 43.4 Å². The van der Waals surface area contributed by atoms with E-state index in [0.29, 0.717) is 16.2 Å². The summed E-state index contributed by atoms with van der Waals surface area (Å²) in [4.78, 5) is 24.0. The van der Waals surface area contributed by atoms with Crippen LogP contribution in [0.3, 0.4) is 0 Å². The normalized spacial score (nSPS) is 20.7. The van der Waals surface area contributed by atoms with Gasteiger partial charge in [0.05, 0.1) is 22.6 Å². The van der Waals surface area contributed by atoms with Gasteiger partial charge in [0.1, 0.15) is 18.2 Å². The average molecular weight is 466 g/mol. The first kappa shape index (κ1) is 21.9. The van der Waals surface area contributed by atoms with Crippen LogP contribution in [0, 0.1) is 5.41 Å². The number of hydrogen-bond acceptors (Lipinski definition) is 6. The Morgan fingerprint density at radius 3 is 2.73 bits per heavy atom. The lowest BCUT2D eigenvalue weighted by molar-refractivity contribution is 0.173. The lowest BCUT2D eigenvalue weighted by atomic mass is 9.74. The van der Waals surface area contributed by atoms with Crippen LogP contribution in [-0.2, 0) is 6.61 Å². The SMILES string of the molecule is O=c1cc(OCc2ccc(Cl)cn2)ccn1-c1ccc(N2CCCC3(CCCNC3)C2)nc1. The summed E-state index contributed by atoms with van der Waals surface area (Å²) in [6.07, 6.45) is 10.1.